The second-order valence-corrected chi connectivity index (χ2v) is 4.68. The highest BCUT2D eigenvalue weighted by Gasteiger charge is 2.05. The molecule has 1 aromatic carbocycles. The molecule has 0 radical (unpaired) electrons. The Kier molecular flexibility index (Phi) is 3.97. The number of benzene rings is 1. The van der Waals surface area contributed by atoms with Crippen LogP contribution in [0.15, 0.2) is 36.7 Å². The van der Waals surface area contributed by atoms with Crippen LogP contribution in [-0.4, -0.2) is 46.4 Å². The summed E-state index contributed by atoms with van der Waals surface area (Å²) < 4.78 is 1.89. The summed E-state index contributed by atoms with van der Waals surface area (Å²) >= 11 is 0. The fourth-order valence-electron chi connectivity index (χ4n) is 1.74. The summed E-state index contributed by atoms with van der Waals surface area (Å²) in [5.41, 5.74) is 2.26. The number of nitrogens with zero attached hydrogens (tertiary/aromatic N) is 3. The van der Waals surface area contributed by atoms with Gasteiger partial charge in [-0.05, 0) is 31.8 Å². The van der Waals surface area contributed by atoms with Gasteiger partial charge in [0.25, 0.3) is 0 Å². The number of hydrogen-bond acceptors (Lipinski definition) is 3. The van der Waals surface area contributed by atoms with Gasteiger partial charge in [-0.25, -0.2) is 4.79 Å². The van der Waals surface area contributed by atoms with Crippen LogP contribution in [0.2, 0.25) is 0 Å². The van der Waals surface area contributed by atoms with E-state index < -0.39 is 5.97 Å². The molecule has 1 heterocycles. The summed E-state index contributed by atoms with van der Waals surface area (Å²) in [5, 5.41) is 13.1. The van der Waals surface area contributed by atoms with Gasteiger partial charge in [-0.3, -0.25) is 4.68 Å². The molecule has 5 heteroatoms. The number of carbonyl (C=O) groups is 1. The van der Waals surface area contributed by atoms with E-state index in [-0.39, 0.29) is 0 Å². The highest BCUT2D eigenvalue weighted by atomic mass is 16.4. The van der Waals surface area contributed by atoms with Crippen LogP contribution in [-0.2, 0) is 6.54 Å². The molecule has 0 bridgehead atoms. The van der Waals surface area contributed by atoms with Gasteiger partial charge in [0, 0.05) is 18.3 Å². The third-order valence-electron chi connectivity index (χ3n) is 2.87. The highest BCUT2D eigenvalue weighted by Crippen LogP contribution is 2.19. The molecule has 0 unspecified atom stereocenters. The van der Waals surface area contributed by atoms with Crippen molar-refractivity contribution in [2.24, 2.45) is 0 Å². The second-order valence-electron chi connectivity index (χ2n) is 4.68. The lowest BCUT2D eigenvalue weighted by Crippen LogP contribution is -2.18. The molecule has 0 spiro atoms. The average Bonchev–Trinajstić information content (AvgIpc) is 2.85. The quantitative estimate of drug-likeness (QED) is 0.889. The molecule has 0 saturated carbocycles. The maximum atomic E-state index is 10.8. The van der Waals surface area contributed by atoms with E-state index in [1.165, 1.54) is 0 Å². The third kappa shape index (κ3) is 3.42. The normalized spacial score (nSPS) is 10.9. The molecular formula is C14H17N3O2. The Hall–Kier alpha value is -2.14. The Labute approximate surface area is 112 Å². The molecule has 2 aromatic rings. The third-order valence-corrected chi connectivity index (χ3v) is 2.87. The first-order valence-corrected chi connectivity index (χ1v) is 6.07. The summed E-state index contributed by atoms with van der Waals surface area (Å²) in [5.74, 6) is -0.909. The molecule has 100 valence electrons. The minimum absolute atomic E-state index is 0.295. The molecule has 5 nitrogen and oxygen atoms in total. The molecule has 1 N–H and O–H groups in total. The van der Waals surface area contributed by atoms with Crippen LogP contribution in [0.25, 0.3) is 11.1 Å². The van der Waals surface area contributed by atoms with Gasteiger partial charge < -0.3 is 10.0 Å². The molecule has 19 heavy (non-hydrogen) atoms. The van der Waals surface area contributed by atoms with Crippen molar-refractivity contribution in [1.82, 2.24) is 14.7 Å². The molecule has 0 fully saturated rings. The van der Waals surface area contributed by atoms with Crippen molar-refractivity contribution in [1.29, 1.82) is 0 Å². The highest BCUT2D eigenvalue weighted by molar-refractivity contribution is 5.88. The van der Waals surface area contributed by atoms with Crippen molar-refractivity contribution in [3.63, 3.8) is 0 Å². The largest absolute Gasteiger partial charge is 0.478 e. The summed E-state index contributed by atoms with van der Waals surface area (Å²) in [6, 6.07) is 6.82. The number of aromatic nitrogens is 2. The van der Waals surface area contributed by atoms with Gasteiger partial charge in [0.2, 0.25) is 0 Å². The van der Waals surface area contributed by atoms with Crippen LogP contribution in [0.1, 0.15) is 10.4 Å². The standard InChI is InChI=1S/C14H17N3O2/c1-16(2)7-8-17-10-13(9-15-17)11-3-5-12(6-4-11)14(18)19/h3-6,9-10H,7-8H2,1-2H3,(H,18,19). The zero-order valence-electron chi connectivity index (χ0n) is 11.1. The van der Waals surface area contributed by atoms with Gasteiger partial charge in [-0.1, -0.05) is 12.1 Å². The topological polar surface area (TPSA) is 58.4 Å². The number of hydrogen-bond donors (Lipinski definition) is 1. The molecule has 2 rings (SSSR count). The van der Waals surface area contributed by atoms with Crippen LogP contribution in [0, 0.1) is 0 Å². The number of carboxylic acids is 1. The Morgan fingerprint density at radius 1 is 1.26 bits per heavy atom. The molecule has 0 aliphatic heterocycles. The lowest BCUT2D eigenvalue weighted by atomic mass is 10.1. The van der Waals surface area contributed by atoms with E-state index in [2.05, 4.69) is 10.00 Å². The van der Waals surface area contributed by atoms with Crippen molar-refractivity contribution in [3.8, 4) is 11.1 Å². The van der Waals surface area contributed by atoms with Crippen molar-refractivity contribution >= 4 is 5.97 Å². The Morgan fingerprint density at radius 3 is 2.53 bits per heavy atom. The van der Waals surface area contributed by atoms with Crippen molar-refractivity contribution in [3.05, 3.63) is 42.2 Å². The minimum atomic E-state index is -0.909. The smallest absolute Gasteiger partial charge is 0.335 e. The summed E-state index contributed by atoms with van der Waals surface area (Å²) in [6.07, 6.45) is 3.77. The van der Waals surface area contributed by atoms with Crippen molar-refractivity contribution < 1.29 is 9.90 Å². The molecule has 0 amide bonds. The van der Waals surface area contributed by atoms with Gasteiger partial charge in [-0.15, -0.1) is 0 Å². The monoisotopic (exact) mass is 259 g/mol. The number of aromatic carboxylic acids is 1. The summed E-state index contributed by atoms with van der Waals surface area (Å²) in [7, 11) is 4.05. The van der Waals surface area contributed by atoms with Gasteiger partial charge >= 0.3 is 5.97 Å². The van der Waals surface area contributed by atoms with E-state index >= 15 is 0 Å². The van der Waals surface area contributed by atoms with Gasteiger partial charge in [0.15, 0.2) is 0 Å². The zero-order chi connectivity index (χ0) is 13.8. The van der Waals surface area contributed by atoms with Crippen LogP contribution in [0.4, 0.5) is 0 Å². The van der Waals surface area contributed by atoms with E-state index in [0.717, 1.165) is 24.2 Å². The number of rotatable bonds is 5. The van der Waals surface area contributed by atoms with E-state index in [4.69, 9.17) is 5.11 Å². The fourth-order valence-corrected chi connectivity index (χ4v) is 1.74. The van der Waals surface area contributed by atoms with Crippen LogP contribution in [0.3, 0.4) is 0 Å². The van der Waals surface area contributed by atoms with Gasteiger partial charge in [-0.2, -0.15) is 5.10 Å². The van der Waals surface area contributed by atoms with Gasteiger partial charge in [0.05, 0.1) is 18.3 Å². The van der Waals surface area contributed by atoms with Crippen LogP contribution < -0.4 is 0 Å². The Morgan fingerprint density at radius 2 is 1.95 bits per heavy atom. The van der Waals surface area contributed by atoms with E-state index in [9.17, 15) is 4.79 Å². The number of likely N-dealkylation sites (N-methyl/N-ethyl adjacent to an activating group) is 1. The molecule has 0 atom stereocenters. The molecule has 0 saturated heterocycles. The first kappa shape index (κ1) is 13.3. The number of carboxylic acid groups (broad SMARTS) is 1. The Balaban J connectivity index is 2.11. The fraction of sp³-hybridized carbons (Fsp3) is 0.286. The van der Waals surface area contributed by atoms with Crippen molar-refractivity contribution in [2.45, 2.75) is 6.54 Å². The maximum Gasteiger partial charge on any atom is 0.335 e. The SMILES string of the molecule is CN(C)CCn1cc(-c2ccc(C(=O)O)cc2)cn1. The van der Waals surface area contributed by atoms with E-state index in [1.807, 2.05) is 25.0 Å². The molecule has 0 aliphatic carbocycles. The molecule has 1 aromatic heterocycles. The first-order chi connectivity index (χ1) is 9.06. The van der Waals surface area contributed by atoms with Crippen molar-refractivity contribution in [2.75, 3.05) is 20.6 Å². The lowest BCUT2D eigenvalue weighted by molar-refractivity contribution is 0.0697. The predicted octanol–water partition coefficient (Wildman–Crippen LogP) is 1.81. The predicted molar refractivity (Wildman–Crippen MR) is 73.2 cm³/mol. The van der Waals surface area contributed by atoms with Gasteiger partial charge in [0.1, 0.15) is 0 Å². The summed E-state index contributed by atoms with van der Waals surface area (Å²) in [4.78, 5) is 12.9. The summed E-state index contributed by atoms with van der Waals surface area (Å²) in [6.45, 7) is 1.76. The van der Waals surface area contributed by atoms with Crippen LogP contribution >= 0.6 is 0 Å². The molecular weight excluding hydrogens is 242 g/mol. The zero-order valence-corrected chi connectivity index (χ0v) is 11.1. The average molecular weight is 259 g/mol. The lowest BCUT2D eigenvalue weighted by Gasteiger charge is -2.08. The molecule has 0 aliphatic rings. The van der Waals surface area contributed by atoms with E-state index in [1.54, 1.807) is 30.5 Å². The maximum absolute atomic E-state index is 10.8. The first-order valence-electron chi connectivity index (χ1n) is 6.07. The minimum Gasteiger partial charge on any atom is -0.478 e. The van der Waals surface area contributed by atoms with Crippen LogP contribution in [0.5, 0.6) is 0 Å². The second kappa shape index (κ2) is 5.67. The Bertz CT molecular complexity index is 558. The van der Waals surface area contributed by atoms with E-state index in [0.29, 0.717) is 5.56 Å².